The monoisotopic (exact) mass is 474 g/mol. The van der Waals surface area contributed by atoms with Gasteiger partial charge in [-0.25, -0.2) is 4.52 Å². The number of ether oxygens (including phenoxy) is 1. The summed E-state index contributed by atoms with van der Waals surface area (Å²) in [5, 5.41) is 15.1. The highest BCUT2D eigenvalue weighted by Gasteiger charge is 2.31. The second kappa shape index (κ2) is 9.45. The number of hydrogen-bond acceptors (Lipinski definition) is 8. The first-order valence-corrected chi connectivity index (χ1v) is 11.4. The fourth-order valence-corrected chi connectivity index (χ4v) is 4.10. The van der Waals surface area contributed by atoms with Crippen molar-refractivity contribution in [2.75, 3.05) is 36.4 Å². The number of amides is 1. The lowest BCUT2D eigenvalue weighted by atomic mass is 10.1. The number of piperazine rings is 1. The van der Waals surface area contributed by atoms with E-state index in [1.807, 2.05) is 54.4 Å². The Bertz CT molecular complexity index is 1340. The highest BCUT2D eigenvalue weighted by molar-refractivity contribution is 5.85. The van der Waals surface area contributed by atoms with Gasteiger partial charge in [-0.2, -0.15) is 10.1 Å². The predicted octanol–water partition coefficient (Wildman–Crippen LogP) is 2.46. The van der Waals surface area contributed by atoms with Gasteiger partial charge in [0.15, 0.2) is 11.6 Å². The van der Waals surface area contributed by atoms with Crippen LogP contribution in [0.2, 0.25) is 0 Å². The molecule has 1 saturated heterocycles. The molecule has 1 aromatic carbocycles. The summed E-state index contributed by atoms with van der Waals surface area (Å²) in [6.45, 7) is 5.24. The van der Waals surface area contributed by atoms with E-state index in [0.29, 0.717) is 49.3 Å². The van der Waals surface area contributed by atoms with Crippen molar-refractivity contribution in [1.29, 1.82) is 0 Å². The lowest BCUT2D eigenvalue weighted by Gasteiger charge is -2.36. The molecule has 1 aliphatic heterocycles. The van der Waals surface area contributed by atoms with Crippen LogP contribution in [0.3, 0.4) is 0 Å². The summed E-state index contributed by atoms with van der Waals surface area (Å²) in [5.74, 6) is 1.14. The first kappa shape index (κ1) is 22.4. The Balaban J connectivity index is 1.32. The van der Waals surface area contributed by atoms with Crippen molar-refractivity contribution in [3.05, 3.63) is 66.0 Å². The van der Waals surface area contributed by atoms with Gasteiger partial charge in [0, 0.05) is 56.6 Å². The number of aromatic nitrogens is 5. The molecule has 0 radical (unpaired) electrons. The highest BCUT2D eigenvalue weighted by atomic mass is 16.5. The smallest absolute Gasteiger partial charge is 0.303 e. The van der Waals surface area contributed by atoms with Gasteiger partial charge in [-0.15, -0.1) is 5.10 Å². The quantitative estimate of drug-likeness (QED) is 0.409. The van der Waals surface area contributed by atoms with Crippen molar-refractivity contribution in [3.8, 4) is 0 Å². The Morgan fingerprint density at radius 1 is 1.09 bits per heavy atom. The lowest BCUT2D eigenvalue weighted by Crippen LogP contribution is -2.51. The number of anilines is 3. The number of benzene rings is 1. The van der Waals surface area contributed by atoms with E-state index in [4.69, 9.17) is 9.72 Å². The third kappa shape index (κ3) is 4.79. The molecule has 1 atom stereocenters. The minimum Gasteiger partial charge on any atom is -0.447 e. The van der Waals surface area contributed by atoms with Crippen LogP contribution in [0.4, 0.5) is 17.6 Å². The molecule has 2 N–H and O–H groups in total. The number of fused-ring (bicyclic) bond motifs is 1. The van der Waals surface area contributed by atoms with Gasteiger partial charge in [0.1, 0.15) is 5.52 Å². The Morgan fingerprint density at radius 3 is 2.54 bits per heavy atom. The Hall–Kier alpha value is -4.41. The second-order valence-electron chi connectivity index (χ2n) is 8.37. The van der Waals surface area contributed by atoms with E-state index in [-0.39, 0.29) is 5.91 Å². The number of aryl methyl sites for hydroxylation is 1. The van der Waals surface area contributed by atoms with E-state index in [2.05, 4.69) is 20.6 Å². The zero-order chi connectivity index (χ0) is 24.4. The van der Waals surface area contributed by atoms with Crippen molar-refractivity contribution < 1.29 is 14.3 Å². The topological polar surface area (TPSA) is 121 Å². The van der Waals surface area contributed by atoms with Crippen molar-refractivity contribution in [1.82, 2.24) is 29.7 Å². The molecular formula is C24H26N8O3. The maximum Gasteiger partial charge on any atom is 0.303 e. The van der Waals surface area contributed by atoms with Gasteiger partial charge in [-0.1, -0.05) is 30.3 Å². The first-order valence-electron chi connectivity index (χ1n) is 11.4. The fraction of sp³-hybridized carbons (Fsp3) is 0.292. The van der Waals surface area contributed by atoms with Crippen LogP contribution in [0, 0.1) is 6.92 Å². The highest BCUT2D eigenvalue weighted by Crippen LogP contribution is 2.24. The van der Waals surface area contributed by atoms with E-state index >= 15 is 0 Å². The molecule has 0 aliphatic carbocycles. The third-order valence-electron chi connectivity index (χ3n) is 5.82. The summed E-state index contributed by atoms with van der Waals surface area (Å²) < 4.78 is 7.16. The van der Waals surface area contributed by atoms with E-state index in [1.165, 1.54) is 6.92 Å². The number of hydrogen-bond donors (Lipinski definition) is 2. The molecule has 5 rings (SSSR count). The molecule has 0 unspecified atom stereocenters. The molecule has 1 amide bonds. The number of rotatable bonds is 6. The zero-order valence-electron chi connectivity index (χ0n) is 19.5. The number of carbonyl (C=O) groups is 2. The molecule has 35 heavy (non-hydrogen) atoms. The molecule has 1 aliphatic rings. The van der Waals surface area contributed by atoms with Crippen molar-refractivity contribution in [2.45, 2.75) is 20.0 Å². The summed E-state index contributed by atoms with van der Waals surface area (Å²) in [7, 11) is 0. The Morgan fingerprint density at radius 2 is 1.86 bits per heavy atom. The van der Waals surface area contributed by atoms with Crippen LogP contribution in [-0.4, -0.2) is 67.8 Å². The van der Waals surface area contributed by atoms with Gasteiger partial charge >= 0.3 is 5.97 Å². The largest absolute Gasteiger partial charge is 0.447 e. The lowest BCUT2D eigenvalue weighted by molar-refractivity contribution is -0.159. The molecule has 0 spiro atoms. The van der Waals surface area contributed by atoms with Crippen LogP contribution < -0.4 is 10.2 Å². The summed E-state index contributed by atoms with van der Waals surface area (Å²) in [5.41, 5.74) is 2.42. The molecule has 180 valence electrons. The standard InChI is InChI=1S/C24H26N8O3/c1-16-15-20(28-27-16)25-22-19-9-6-10-32(19)29-24(26-22)31-13-11-30(12-14-31)23(34)21(35-17(2)33)18-7-4-3-5-8-18/h3-10,15,21H,11-14H2,1-2H3,(H2,25,26,27,28,29)/t21-/m0/s1. The fourth-order valence-electron chi connectivity index (χ4n) is 4.10. The number of aromatic amines is 1. The minimum absolute atomic E-state index is 0.232. The van der Waals surface area contributed by atoms with Gasteiger partial charge in [0.25, 0.3) is 5.91 Å². The van der Waals surface area contributed by atoms with Gasteiger partial charge in [0.05, 0.1) is 0 Å². The molecule has 4 aromatic rings. The molecule has 3 aromatic heterocycles. The summed E-state index contributed by atoms with van der Waals surface area (Å²) in [6.07, 6.45) is 0.908. The molecule has 11 heteroatoms. The second-order valence-corrected chi connectivity index (χ2v) is 8.37. The number of H-pyrrole nitrogens is 1. The van der Waals surface area contributed by atoms with Crippen LogP contribution >= 0.6 is 0 Å². The van der Waals surface area contributed by atoms with Crippen LogP contribution in [0.25, 0.3) is 5.52 Å². The molecule has 11 nitrogen and oxygen atoms in total. The van der Waals surface area contributed by atoms with Crippen molar-refractivity contribution in [3.63, 3.8) is 0 Å². The normalized spacial score (nSPS) is 14.7. The summed E-state index contributed by atoms with van der Waals surface area (Å²) >= 11 is 0. The third-order valence-corrected chi connectivity index (χ3v) is 5.82. The Kier molecular flexibility index (Phi) is 6.04. The van der Waals surface area contributed by atoms with Gasteiger partial charge in [-0.05, 0) is 19.1 Å². The van der Waals surface area contributed by atoms with E-state index < -0.39 is 12.1 Å². The maximum atomic E-state index is 13.3. The SMILES string of the molecule is CC(=O)O[C@H](C(=O)N1CCN(c2nc(Nc3cc(C)[nH]n3)c3cccn3n2)CC1)c1ccccc1. The maximum absolute atomic E-state index is 13.3. The van der Waals surface area contributed by atoms with Crippen LogP contribution in [-0.2, 0) is 14.3 Å². The van der Waals surface area contributed by atoms with E-state index in [9.17, 15) is 9.59 Å². The van der Waals surface area contributed by atoms with Crippen LogP contribution in [0.1, 0.15) is 24.3 Å². The average molecular weight is 475 g/mol. The van der Waals surface area contributed by atoms with E-state index in [0.717, 1.165) is 11.2 Å². The summed E-state index contributed by atoms with van der Waals surface area (Å²) in [6, 6.07) is 14.8. The molecule has 0 saturated carbocycles. The molecular weight excluding hydrogens is 448 g/mol. The average Bonchev–Trinajstić information content (AvgIpc) is 3.51. The molecule has 0 bridgehead atoms. The van der Waals surface area contributed by atoms with Crippen molar-refractivity contribution in [2.24, 2.45) is 0 Å². The van der Waals surface area contributed by atoms with Crippen molar-refractivity contribution >= 4 is 35.0 Å². The van der Waals surface area contributed by atoms with Gasteiger partial charge in [-0.3, -0.25) is 14.7 Å². The first-order chi connectivity index (χ1) is 17.0. The number of carbonyl (C=O) groups excluding carboxylic acids is 2. The predicted molar refractivity (Wildman–Crippen MR) is 129 cm³/mol. The minimum atomic E-state index is -0.958. The van der Waals surface area contributed by atoms with Gasteiger partial charge < -0.3 is 19.9 Å². The summed E-state index contributed by atoms with van der Waals surface area (Å²) in [4.78, 5) is 33.4. The van der Waals surface area contributed by atoms with Crippen LogP contribution in [0.5, 0.6) is 0 Å². The van der Waals surface area contributed by atoms with E-state index in [1.54, 1.807) is 21.5 Å². The Labute approximate surface area is 201 Å². The van der Waals surface area contributed by atoms with Crippen LogP contribution in [0.15, 0.2) is 54.7 Å². The number of nitrogens with zero attached hydrogens (tertiary/aromatic N) is 6. The molecule has 1 fully saturated rings. The zero-order valence-corrected chi connectivity index (χ0v) is 19.5. The molecule has 4 heterocycles. The number of nitrogens with one attached hydrogen (secondary N) is 2. The van der Waals surface area contributed by atoms with Gasteiger partial charge in [0.2, 0.25) is 12.1 Å². The number of esters is 1.